The summed E-state index contributed by atoms with van der Waals surface area (Å²) in [6, 6.07) is 8.78. The second-order valence-electron chi connectivity index (χ2n) is 7.27. The molecule has 0 unspecified atom stereocenters. The number of carbonyl (C=O) groups is 1. The van der Waals surface area contributed by atoms with Crippen LogP contribution >= 0.6 is 11.6 Å². The Labute approximate surface area is 193 Å². The fourth-order valence-corrected chi connectivity index (χ4v) is 5.03. The minimum absolute atomic E-state index is 0.000505. The minimum atomic E-state index is -4.14. The third-order valence-corrected chi connectivity index (χ3v) is 7.04. The number of halogens is 2. The molecule has 1 N–H and O–H groups in total. The van der Waals surface area contributed by atoms with E-state index in [0.717, 1.165) is 9.54 Å². The van der Waals surface area contributed by atoms with Gasteiger partial charge in [-0.3, -0.25) is 0 Å². The maximum Gasteiger partial charge on any atom is 0.355 e. The standard InChI is InChI=1S/C22H17ClFN3O5S/c1-11-4-6-13(7-5-11)33(30,31)27-10-12(2)16-18(22(28)29)25-20(26-21(16)27)14-8-9-15(23)19(32-3)17(14)24/h4-10H,1-3H3,(H,28,29). The van der Waals surface area contributed by atoms with Gasteiger partial charge in [0.2, 0.25) is 0 Å². The Morgan fingerprint density at radius 3 is 2.39 bits per heavy atom. The van der Waals surface area contributed by atoms with Gasteiger partial charge in [0.25, 0.3) is 10.0 Å². The maximum atomic E-state index is 15.0. The monoisotopic (exact) mass is 489 g/mol. The third-order valence-electron chi connectivity index (χ3n) is 5.08. The molecule has 0 radical (unpaired) electrons. The lowest BCUT2D eigenvalue weighted by atomic mass is 10.1. The van der Waals surface area contributed by atoms with Gasteiger partial charge in [0.15, 0.2) is 28.7 Å². The predicted molar refractivity (Wildman–Crippen MR) is 120 cm³/mol. The molecule has 0 aliphatic rings. The Kier molecular flexibility index (Phi) is 5.59. The molecule has 0 atom stereocenters. The van der Waals surface area contributed by atoms with Crippen LogP contribution in [0.3, 0.4) is 0 Å². The Morgan fingerprint density at radius 1 is 1.12 bits per heavy atom. The first-order valence-corrected chi connectivity index (χ1v) is 11.4. The highest BCUT2D eigenvalue weighted by molar-refractivity contribution is 7.90. The number of nitrogens with zero attached hydrogens (tertiary/aromatic N) is 3. The molecule has 0 spiro atoms. The van der Waals surface area contributed by atoms with E-state index < -0.39 is 27.5 Å². The highest BCUT2D eigenvalue weighted by atomic mass is 35.5. The lowest BCUT2D eigenvalue weighted by Gasteiger charge is -2.11. The van der Waals surface area contributed by atoms with Crippen LogP contribution < -0.4 is 4.74 Å². The molecule has 0 aliphatic heterocycles. The molecular weight excluding hydrogens is 473 g/mol. The number of hydrogen-bond acceptors (Lipinski definition) is 6. The molecule has 0 amide bonds. The number of aryl methyl sites for hydroxylation is 2. The van der Waals surface area contributed by atoms with Crippen LogP contribution in [0.1, 0.15) is 21.6 Å². The number of carboxylic acid groups (broad SMARTS) is 1. The average molecular weight is 490 g/mol. The quantitative estimate of drug-likeness (QED) is 0.440. The van der Waals surface area contributed by atoms with E-state index >= 15 is 4.39 Å². The molecule has 11 heteroatoms. The zero-order valence-corrected chi connectivity index (χ0v) is 19.2. The average Bonchev–Trinajstić information content (AvgIpc) is 3.11. The molecule has 170 valence electrons. The van der Waals surface area contributed by atoms with Gasteiger partial charge < -0.3 is 9.84 Å². The summed E-state index contributed by atoms with van der Waals surface area (Å²) in [5, 5.41) is 9.79. The fraction of sp³-hybridized carbons (Fsp3) is 0.136. The van der Waals surface area contributed by atoms with Crippen molar-refractivity contribution >= 4 is 38.6 Å². The SMILES string of the molecule is COc1c(Cl)ccc(-c2nc(C(=O)O)c3c(C)cn(S(=O)(=O)c4ccc(C)cc4)c3n2)c1F. The van der Waals surface area contributed by atoms with Crippen LogP contribution in [0.2, 0.25) is 5.02 Å². The molecule has 4 rings (SSSR count). The van der Waals surface area contributed by atoms with Crippen LogP contribution in [-0.2, 0) is 10.0 Å². The van der Waals surface area contributed by atoms with Gasteiger partial charge >= 0.3 is 5.97 Å². The second kappa shape index (κ2) is 8.13. The van der Waals surface area contributed by atoms with Crippen molar-refractivity contribution < 1.29 is 27.4 Å². The van der Waals surface area contributed by atoms with Gasteiger partial charge in [-0.1, -0.05) is 29.3 Å². The summed E-state index contributed by atoms with van der Waals surface area (Å²) in [4.78, 5) is 20.3. The molecule has 0 saturated heterocycles. The van der Waals surface area contributed by atoms with Crippen LogP contribution in [0.4, 0.5) is 4.39 Å². The van der Waals surface area contributed by atoms with E-state index in [0.29, 0.717) is 5.56 Å². The van der Waals surface area contributed by atoms with E-state index in [9.17, 15) is 18.3 Å². The first kappa shape index (κ1) is 22.7. The van der Waals surface area contributed by atoms with Crippen molar-refractivity contribution in [1.29, 1.82) is 0 Å². The first-order chi connectivity index (χ1) is 15.6. The summed E-state index contributed by atoms with van der Waals surface area (Å²) in [6.07, 6.45) is 1.27. The summed E-state index contributed by atoms with van der Waals surface area (Å²) in [6.45, 7) is 3.37. The van der Waals surface area contributed by atoms with Crippen molar-refractivity contribution in [2.24, 2.45) is 0 Å². The summed E-state index contributed by atoms with van der Waals surface area (Å²) in [5.41, 5.74) is 0.354. The molecule has 0 bridgehead atoms. The number of rotatable bonds is 5. The zero-order valence-electron chi connectivity index (χ0n) is 17.6. The van der Waals surface area contributed by atoms with E-state index in [1.165, 1.54) is 37.6 Å². The number of benzene rings is 2. The molecule has 33 heavy (non-hydrogen) atoms. The highest BCUT2D eigenvalue weighted by Gasteiger charge is 2.27. The predicted octanol–water partition coefficient (Wildman–Crippen LogP) is 4.45. The molecule has 4 aromatic rings. The molecule has 0 saturated carbocycles. The van der Waals surface area contributed by atoms with Crippen molar-refractivity contribution in [3.05, 3.63) is 70.3 Å². The van der Waals surface area contributed by atoms with E-state index in [2.05, 4.69) is 9.97 Å². The lowest BCUT2D eigenvalue weighted by molar-refractivity contribution is 0.0692. The van der Waals surface area contributed by atoms with Gasteiger partial charge in [-0.25, -0.2) is 31.5 Å². The molecule has 0 fully saturated rings. The van der Waals surface area contributed by atoms with Crippen LogP contribution in [0, 0.1) is 19.7 Å². The van der Waals surface area contributed by atoms with E-state index in [-0.39, 0.29) is 38.1 Å². The smallest absolute Gasteiger partial charge is 0.355 e. The van der Waals surface area contributed by atoms with Gasteiger partial charge in [0.05, 0.1) is 28.0 Å². The summed E-state index contributed by atoms with van der Waals surface area (Å²) in [7, 11) is -2.91. The van der Waals surface area contributed by atoms with Crippen molar-refractivity contribution in [1.82, 2.24) is 13.9 Å². The number of hydrogen-bond donors (Lipinski definition) is 1. The minimum Gasteiger partial charge on any atom is -0.492 e. The number of fused-ring (bicyclic) bond motifs is 1. The van der Waals surface area contributed by atoms with Crippen LogP contribution in [0.5, 0.6) is 5.75 Å². The van der Waals surface area contributed by atoms with Crippen LogP contribution in [0.25, 0.3) is 22.4 Å². The van der Waals surface area contributed by atoms with Crippen molar-refractivity contribution in [3.63, 3.8) is 0 Å². The fourth-order valence-electron chi connectivity index (χ4n) is 3.45. The number of methoxy groups -OCH3 is 1. The van der Waals surface area contributed by atoms with Crippen molar-refractivity contribution in [3.8, 4) is 17.1 Å². The summed E-state index contributed by atoms with van der Waals surface area (Å²) < 4.78 is 47.6. The molecule has 2 aromatic carbocycles. The Morgan fingerprint density at radius 2 is 1.79 bits per heavy atom. The normalized spacial score (nSPS) is 11.7. The number of aromatic nitrogens is 3. The second-order valence-corrected chi connectivity index (χ2v) is 9.49. The topological polar surface area (TPSA) is 111 Å². The first-order valence-electron chi connectivity index (χ1n) is 9.54. The molecule has 2 heterocycles. The van der Waals surface area contributed by atoms with Gasteiger partial charge in [0.1, 0.15) is 0 Å². The highest BCUT2D eigenvalue weighted by Crippen LogP contribution is 2.35. The van der Waals surface area contributed by atoms with Gasteiger partial charge in [-0.2, -0.15) is 0 Å². The van der Waals surface area contributed by atoms with Gasteiger partial charge in [-0.15, -0.1) is 0 Å². The zero-order chi connectivity index (χ0) is 24.1. The maximum absolute atomic E-state index is 15.0. The molecule has 2 aromatic heterocycles. The van der Waals surface area contributed by atoms with E-state index in [1.54, 1.807) is 19.1 Å². The summed E-state index contributed by atoms with van der Waals surface area (Å²) in [5.74, 6) is -2.92. The van der Waals surface area contributed by atoms with E-state index in [4.69, 9.17) is 16.3 Å². The number of aromatic carboxylic acids is 1. The van der Waals surface area contributed by atoms with E-state index in [1.807, 2.05) is 6.92 Å². The van der Waals surface area contributed by atoms with Gasteiger partial charge in [0, 0.05) is 6.20 Å². The van der Waals surface area contributed by atoms with Crippen LogP contribution in [0.15, 0.2) is 47.5 Å². The Bertz CT molecular complexity index is 1530. The summed E-state index contributed by atoms with van der Waals surface area (Å²) >= 11 is 5.95. The molecule has 0 aliphatic carbocycles. The third kappa shape index (κ3) is 3.70. The number of carboxylic acids is 1. The van der Waals surface area contributed by atoms with Crippen molar-refractivity contribution in [2.45, 2.75) is 18.7 Å². The molecule has 8 nitrogen and oxygen atoms in total. The Balaban J connectivity index is 2.06. The lowest BCUT2D eigenvalue weighted by Crippen LogP contribution is -2.14. The van der Waals surface area contributed by atoms with Gasteiger partial charge in [-0.05, 0) is 43.7 Å². The largest absolute Gasteiger partial charge is 0.492 e. The molecular formula is C22H17ClFN3O5S. The number of ether oxygens (including phenoxy) is 1. The Hall–Kier alpha value is -3.50. The van der Waals surface area contributed by atoms with Crippen molar-refractivity contribution in [2.75, 3.05) is 7.11 Å². The van der Waals surface area contributed by atoms with Crippen LogP contribution in [-0.4, -0.2) is 40.5 Å².